The van der Waals surface area contributed by atoms with E-state index in [4.69, 9.17) is 0 Å². The predicted octanol–water partition coefficient (Wildman–Crippen LogP) is 1.47. The van der Waals surface area contributed by atoms with Gasteiger partial charge in [-0.2, -0.15) is 0 Å². The molecule has 13 heavy (non-hydrogen) atoms. The van der Waals surface area contributed by atoms with Gasteiger partial charge >= 0.3 is 0 Å². The highest BCUT2D eigenvalue weighted by Crippen LogP contribution is 2.17. The van der Waals surface area contributed by atoms with Crippen LogP contribution >= 0.6 is 11.3 Å². The van der Waals surface area contributed by atoms with Crippen LogP contribution in [0.2, 0.25) is 0 Å². The van der Waals surface area contributed by atoms with E-state index in [0.717, 1.165) is 23.6 Å². The summed E-state index contributed by atoms with van der Waals surface area (Å²) in [5.74, 6) is 0. The summed E-state index contributed by atoms with van der Waals surface area (Å²) in [4.78, 5) is 6.89. The number of aryl methyl sites for hydroxylation is 1. The van der Waals surface area contributed by atoms with Gasteiger partial charge in [-0.3, -0.25) is 4.40 Å². The maximum atomic E-state index is 4.40. The molecular formula is C9H13N3S. The molecule has 0 aliphatic rings. The van der Waals surface area contributed by atoms with Crippen LogP contribution in [0, 0.1) is 6.92 Å². The Morgan fingerprint density at radius 2 is 2.38 bits per heavy atom. The second-order valence-electron chi connectivity index (χ2n) is 3.12. The topological polar surface area (TPSA) is 29.3 Å². The number of fused-ring (bicyclic) bond motifs is 1. The van der Waals surface area contributed by atoms with Crippen molar-refractivity contribution in [1.82, 2.24) is 14.7 Å². The molecule has 0 saturated carbocycles. The Kier molecular flexibility index (Phi) is 2.33. The predicted molar refractivity (Wildman–Crippen MR) is 55.4 cm³/mol. The lowest BCUT2D eigenvalue weighted by atomic mass is 10.4. The van der Waals surface area contributed by atoms with Crippen molar-refractivity contribution < 1.29 is 0 Å². The van der Waals surface area contributed by atoms with Crippen molar-refractivity contribution >= 4 is 16.3 Å². The van der Waals surface area contributed by atoms with Crippen LogP contribution in [0.4, 0.5) is 0 Å². The summed E-state index contributed by atoms with van der Waals surface area (Å²) in [5.41, 5.74) is 1.09. The molecule has 0 spiro atoms. The van der Waals surface area contributed by atoms with Crippen molar-refractivity contribution in [2.24, 2.45) is 0 Å². The van der Waals surface area contributed by atoms with Gasteiger partial charge in [-0.1, -0.05) is 0 Å². The van der Waals surface area contributed by atoms with Crippen LogP contribution in [0.3, 0.4) is 0 Å². The summed E-state index contributed by atoms with van der Waals surface area (Å²) in [6, 6.07) is 0. The smallest absolute Gasteiger partial charge is 0.194 e. The van der Waals surface area contributed by atoms with E-state index in [0.29, 0.717) is 0 Å². The van der Waals surface area contributed by atoms with E-state index >= 15 is 0 Å². The lowest BCUT2D eigenvalue weighted by Crippen LogP contribution is -2.09. The van der Waals surface area contributed by atoms with Gasteiger partial charge in [0.05, 0.1) is 5.69 Å². The third-order valence-electron chi connectivity index (χ3n) is 1.95. The number of imidazole rings is 1. The third-order valence-corrected chi connectivity index (χ3v) is 3.00. The molecule has 1 N–H and O–H groups in total. The first-order chi connectivity index (χ1) is 6.29. The molecule has 4 heteroatoms. The number of rotatable bonds is 3. The van der Waals surface area contributed by atoms with Gasteiger partial charge in [0.25, 0.3) is 0 Å². The van der Waals surface area contributed by atoms with Crippen molar-refractivity contribution in [2.75, 3.05) is 13.6 Å². The van der Waals surface area contributed by atoms with E-state index in [1.54, 1.807) is 11.3 Å². The molecule has 0 radical (unpaired) electrons. The summed E-state index contributed by atoms with van der Waals surface area (Å²) in [5, 5.41) is 3.14. The highest BCUT2D eigenvalue weighted by atomic mass is 32.1. The molecule has 0 aliphatic heterocycles. The Balaban J connectivity index is 2.24. The van der Waals surface area contributed by atoms with E-state index in [-0.39, 0.29) is 0 Å². The average molecular weight is 195 g/mol. The van der Waals surface area contributed by atoms with Gasteiger partial charge in [-0.25, -0.2) is 4.98 Å². The molecule has 0 amide bonds. The van der Waals surface area contributed by atoms with Gasteiger partial charge in [0.15, 0.2) is 4.96 Å². The fourth-order valence-corrected chi connectivity index (χ4v) is 2.33. The Bertz CT molecular complexity index is 370. The van der Waals surface area contributed by atoms with Crippen LogP contribution in [-0.4, -0.2) is 23.0 Å². The number of nitrogens with zero attached hydrogens (tertiary/aromatic N) is 2. The van der Waals surface area contributed by atoms with E-state index in [1.165, 1.54) is 4.88 Å². The molecule has 0 saturated heterocycles. The van der Waals surface area contributed by atoms with E-state index in [9.17, 15) is 0 Å². The fraction of sp³-hybridized carbons (Fsp3) is 0.444. The summed E-state index contributed by atoms with van der Waals surface area (Å²) >= 11 is 1.77. The average Bonchev–Trinajstić information content (AvgIpc) is 2.57. The van der Waals surface area contributed by atoms with Crippen molar-refractivity contribution in [3.63, 3.8) is 0 Å². The molecule has 2 rings (SSSR count). The quantitative estimate of drug-likeness (QED) is 0.803. The normalized spacial score (nSPS) is 11.2. The first-order valence-corrected chi connectivity index (χ1v) is 5.20. The number of thiazole rings is 1. The van der Waals surface area contributed by atoms with Crippen molar-refractivity contribution in [3.8, 4) is 0 Å². The molecular weight excluding hydrogens is 182 g/mol. The van der Waals surface area contributed by atoms with Gasteiger partial charge in [0.2, 0.25) is 0 Å². The zero-order chi connectivity index (χ0) is 9.26. The van der Waals surface area contributed by atoms with E-state index in [1.807, 2.05) is 14.0 Å². The van der Waals surface area contributed by atoms with Gasteiger partial charge < -0.3 is 5.32 Å². The molecule has 2 heterocycles. The molecule has 0 unspecified atom stereocenters. The highest BCUT2D eigenvalue weighted by molar-refractivity contribution is 7.17. The Labute approximate surface area is 81.4 Å². The Morgan fingerprint density at radius 1 is 1.54 bits per heavy atom. The molecule has 2 aromatic heterocycles. The molecule has 0 aromatic carbocycles. The third kappa shape index (κ3) is 1.73. The van der Waals surface area contributed by atoms with Crippen molar-refractivity contribution in [3.05, 3.63) is 23.0 Å². The summed E-state index contributed by atoms with van der Waals surface area (Å²) < 4.78 is 2.10. The zero-order valence-corrected chi connectivity index (χ0v) is 8.69. The van der Waals surface area contributed by atoms with Crippen LogP contribution in [0.5, 0.6) is 0 Å². The summed E-state index contributed by atoms with van der Waals surface area (Å²) in [6.45, 7) is 3.05. The van der Waals surface area contributed by atoms with Crippen LogP contribution in [0.25, 0.3) is 4.96 Å². The largest absolute Gasteiger partial charge is 0.319 e. The fourth-order valence-electron chi connectivity index (χ4n) is 1.32. The second kappa shape index (κ2) is 3.47. The number of hydrogen-bond donors (Lipinski definition) is 1. The second-order valence-corrected chi connectivity index (χ2v) is 4.22. The lowest BCUT2D eigenvalue weighted by molar-refractivity contribution is 0.797. The van der Waals surface area contributed by atoms with E-state index in [2.05, 4.69) is 27.1 Å². The molecule has 0 bridgehead atoms. The maximum absolute atomic E-state index is 4.40. The van der Waals surface area contributed by atoms with Crippen LogP contribution in [-0.2, 0) is 6.42 Å². The van der Waals surface area contributed by atoms with Gasteiger partial charge in [0, 0.05) is 17.3 Å². The molecule has 70 valence electrons. The standard InChI is InChI=1S/C9H13N3S/c1-7-5-12-6-8(3-4-10-2)13-9(12)11-7/h5-6,10H,3-4H2,1-2H3. The minimum absolute atomic E-state index is 1.03. The summed E-state index contributed by atoms with van der Waals surface area (Å²) in [7, 11) is 1.98. The molecule has 0 aliphatic carbocycles. The minimum Gasteiger partial charge on any atom is -0.319 e. The van der Waals surface area contributed by atoms with Crippen molar-refractivity contribution in [1.29, 1.82) is 0 Å². The number of likely N-dealkylation sites (N-methyl/N-ethyl adjacent to an activating group) is 1. The van der Waals surface area contributed by atoms with Gasteiger partial charge in [-0.05, 0) is 26.9 Å². The first kappa shape index (κ1) is 8.72. The molecule has 0 fully saturated rings. The number of nitrogens with one attached hydrogen (secondary N) is 1. The van der Waals surface area contributed by atoms with Crippen LogP contribution < -0.4 is 5.32 Å². The van der Waals surface area contributed by atoms with Gasteiger partial charge in [-0.15, -0.1) is 11.3 Å². The maximum Gasteiger partial charge on any atom is 0.194 e. The van der Waals surface area contributed by atoms with Crippen LogP contribution in [0.1, 0.15) is 10.6 Å². The SMILES string of the molecule is CNCCc1cn2cc(C)nc2s1. The molecule has 2 aromatic rings. The Morgan fingerprint density at radius 3 is 3.08 bits per heavy atom. The number of hydrogen-bond acceptors (Lipinski definition) is 3. The zero-order valence-electron chi connectivity index (χ0n) is 7.87. The molecule has 3 nitrogen and oxygen atoms in total. The number of aromatic nitrogens is 2. The van der Waals surface area contributed by atoms with E-state index < -0.39 is 0 Å². The lowest BCUT2D eigenvalue weighted by Gasteiger charge is -1.92. The Hall–Kier alpha value is -0.870. The minimum atomic E-state index is 1.03. The van der Waals surface area contributed by atoms with Gasteiger partial charge in [0.1, 0.15) is 0 Å². The van der Waals surface area contributed by atoms with Crippen molar-refractivity contribution in [2.45, 2.75) is 13.3 Å². The van der Waals surface area contributed by atoms with Crippen LogP contribution in [0.15, 0.2) is 12.4 Å². The summed E-state index contributed by atoms with van der Waals surface area (Å²) in [6.07, 6.45) is 5.32. The highest BCUT2D eigenvalue weighted by Gasteiger charge is 2.02. The monoisotopic (exact) mass is 195 g/mol. The first-order valence-electron chi connectivity index (χ1n) is 4.38. The molecule has 0 atom stereocenters.